The molecule has 6 heteroatoms. The van der Waals surface area contributed by atoms with Gasteiger partial charge in [-0.25, -0.2) is 4.98 Å². The van der Waals surface area contributed by atoms with Gasteiger partial charge in [0.2, 0.25) is 11.9 Å². The lowest BCUT2D eigenvalue weighted by Crippen LogP contribution is -2.37. The molecule has 0 saturated carbocycles. The molecule has 2 atom stereocenters. The third kappa shape index (κ3) is 1.94. The number of aromatic nitrogens is 2. The molecule has 1 amide bonds. The molecule has 2 N–H and O–H groups in total. The Hall–Kier alpha value is -3.33. The lowest BCUT2D eigenvalue weighted by molar-refractivity contribution is -0.119. The highest BCUT2D eigenvalue weighted by molar-refractivity contribution is 5.97. The summed E-state index contributed by atoms with van der Waals surface area (Å²) in [5.74, 6) is -0.669. The number of para-hydroxylation sites is 2. The number of hydrogen-bond donors (Lipinski definition) is 2. The summed E-state index contributed by atoms with van der Waals surface area (Å²) < 4.78 is 1.87. The number of aromatic hydroxyl groups is 1. The number of rotatable bonds is 1. The van der Waals surface area contributed by atoms with Gasteiger partial charge >= 0.3 is 0 Å². The van der Waals surface area contributed by atoms with Crippen LogP contribution in [0.1, 0.15) is 11.6 Å². The van der Waals surface area contributed by atoms with Crippen molar-refractivity contribution in [3.8, 4) is 11.8 Å². The van der Waals surface area contributed by atoms with Gasteiger partial charge in [0.1, 0.15) is 5.75 Å². The molecule has 3 aromatic rings. The minimum absolute atomic E-state index is 0.137. The van der Waals surface area contributed by atoms with E-state index in [1.54, 1.807) is 24.3 Å². The van der Waals surface area contributed by atoms with Crippen LogP contribution in [0.25, 0.3) is 11.0 Å². The third-order valence-electron chi connectivity index (χ3n) is 4.08. The van der Waals surface area contributed by atoms with Gasteiger partial charge in [0.25, 0.3) is 0 Å². The van der Waals surface area contributed by atoms with Crippen molar-refractivity contribution in [2.45, 2.75) is 6.04 Å². The molecule has 112 valence electrons. The minimum Gasteiger partial charge on any atom is -0.508 e. The van der Waals surface area contributed by atoms with Gasteiger partial charge in [0.05, 0.1) is 23.1 Å². The molecule has 0 saturated heterocycles. The Bertz CT molecular complexity index is 953. The number of nitriles is 1. The highest BCUT2D eigenvalue weighted by Crippen LogP contribution is 2.37. The summed E-state index contributed by atoms with van der Waals surface area (Å²) in [4.78, 5) is 16.7. The quantitative estimate of drug-likeness (QED) is 0.722. The zero-order valence-electron chi connectivity index (χ0n) is 12.0. The first-order valence-corrected chi connectivity index (χ1v) is 7.15. The molecule has 23 heavy (non-hydrogen) atoms. The lowest BCUT2D eigenvalue weighted by Gasteiger charge is -2.29. The van der Waals surface area contributed by atoms with Crippen LogP contribution < -0.4 is 5.32 Å². The monoisotopic (exact) mass is 304 g/mol. The molecule has 0 radical (unpaired) electrons. The SMILES string of the molecule is N#C[C@H]1C(=O)Nc2nc3ccccc3n2[C@H]1c1ccc(O)cc1. The van der Waals surface area contributed by atoms with Crippen LogP contribution >= 0.6 is 0 Å². The van der Waals surface area contributed by atoms with Crippen LogP contribution in [-0.4, -0.2) is 20.6 Å². The summed E-state index contributed by atoms with van der Waals surface area (Å²) in [6, 6.07) is 15.7. The van der Waals surface area contributed by atoms with Crippen LogP contribution in [0.15, 0.2) is 48.5 Å². The lowest BCUT2D eigenvalue weighted by atomic mass is 9.91. The average molecular weight is 304 g/mol. The van der Waals surface area contributed by atoms with E-state index in [0.29, 0.717) is 5.95 Å². The zero-order chi connectivity index (χ0) is 16.0. The summed E-state index contributed by atoms with van der Waals surface area (Å²) >= 11 is 0. The number of imidazole rings is 1. The van der Waals surface area contributed by atoms with Crippen LogP contribution in [0.4, 0.5) is 5.95 Å². The summed E-state index contributed by atoms with van der Waals surface area (Å²) in [6.45, 7) is 0. The van der Waals surface area contributed by atoms with Crippen molar-refractivity contribution in [2.75, 3.05) is 5.32 Å². The number of benzene rings is 2. The Balaban J connectivity index is 2.00. The Morgan fingerprint density at radius 2 is 1.91 bits per heavy atom. The molecule has 4 rings (SSSR count). The first-order chi connectivity index (χ1) is 11.2. The van der Waals surface area contributed by atoms with E-state index in [1.165, 1.54) is 0 Å². The zero-order valence-corrected chi connectivity index (χ0v) is 12.0. The van der Waals surface area contributed by atoms with E-state index in [1.807, 2.05) is 28.8 Å². The maximum atomic E-state index is 12.3. The molecule has 2 heterocycles. The minimum atomic E-state index is -0.871. The van der Waals surface area contributed by atoms with Gasteiger partial charge in [0, 0.05) is 0 Å². The molecule has 6 nitrogen and oxygen atoms in total. The van der Waals surface area contributed by atoms with Gasteiger partial charge in [-0.05, 0) is 29.8 Å². The largest absolute Gasteiger partial charge is 0.508 e. The van der Waals surface area contributed by atoms with Crippen LogP contribution in [0, 0.1) is 17.2 Å². The Morgan fingerprint density at radius 3 is 2.65 bits per heavy atom. The van der Waals surface area contributed by atoms with Crippen molar-refractivity contribution in [3.63, 3.8) is 0 Å². The van der Waals surface area contributed by atoms with E-state index >= 15 is 0 Å². The first kappa shape index (κ1) is 13.3. The fraction of sp³-hybridized carbons (Fsp3) is 0.118. The van der Waals surface area contributed by atoms with Gasteiger partial charge in [0.15, 0.2) is 5.92 Å². The highest BCUT2D eigenvalue weighted by atomic mass is 16.3. The van der Waals surface area contributed by atoms with Gasteiger partial charge in [-0.1, -0.05) is 24.3 Å². The molecular formula is C17H12N4O2. The molecule has 0 bridgehead atoms. The Kier molecular flexibility index (Phi) is 2.81. The standard InChI is InChI=1S/C17H12N4O2/c18-9-12-15(10-5-7-11(22)8-6-10)21-14-4-2-1-3-13(14)19-17(21)20-16(12)23/h1-8,12,15,22H,(H,19,20,23)/t12-,15+/m1/s1. The van der Waals surface area contributed by atoms with E-state index in [-0.39, 0.29) is 11.7 Å². The van der Waals surface area contributed by atoms with Crippen LogP contribution in [-0.2, 0) is 4.79 Å². The molecular weight excluding hydrogens is 292 g/mol. The third-order valence-corrected chi connectivity index (χ3v) is 4.08. The van der Waals surface area contributed by atoms with E-state index in [4.69, 9.17) is 0 Å². The van der Waals surface area contributed by atoms with Crippen molar-refractivity contribution in [2.24, 2.45) is 5.92 Å². The van der Waals surface area contributed by atoms with Crippen LogP contribution in [0.2, 0.25) is 0 Å². The van der Waals surface area contributed by atoms with Crippen molar-refractivity contribution in [1.29, 1.82) is 5.26 Å². The fourth-order valence-electron chi connectivity index (χ4n) is 3.04. The summed E-state index contributed by atoms with van der Waals surface area (Å²) in [5, 5.41) is 21.7. The number of fused-ring (bicyclic) bond motifs is 3. The normalized spacial score (nSPS) is 19.9. The fourth-order valence-corrected chi connectivity index (χ4v) is 3.04. The molecule has 1 aliphatic rings. The van der Waals surface area contributed by atoms with Gasteiger partial charge < -0.3 is 9.67 Å². The predicted molar refractivity (Wildman–Crippen MR) is 83.7 cm³/mol. The number of nitrogens with zero attached hydrogens (tertiary/aromatic N) is 3. The summed E-state index contributed by atoms with van der Waals surface area (Å²) in [6.07, 6.45) is 0. The number of phenols is 1. The van der Waals surface area contributed by atoms with Crippen LogP contribution in [0.3, 0.4) is 0 Å². The number of amides is 1. The van der Waals surface area contributed by atoms with Gasteiger partial charge in [-0.2, -0.15) is 5.26 Å². The van der Waals surface area contributed by atoms with Crippen LogP contribution in [0.5, 0.6) is 5.75 Å². The smallest absolute Gasteiger partial charge is 0.246 e. The molecule has 0 unspecified atom stereocenters. The molecule has 0 spiro atoms. The second-order valence-corrected chi connectivity index (χ2v) is 5.43. The van der Waals surface area contributed by atoms with E-state index in [9.17, 15) is 15.2 Å². The number of anilines is 1. The predicted octanol–water partition coefficient (Wildman–Crippen LogP) is 2.42. The summed E-state index contributed by atoms with van der Waals surface area (Å²) in [7, 11) is 0. The number of nitrogens with one attached hydrogen (secondary N) is 1. The maximum Gasteiger partial charge on any atom is 0.246 e. The second-order valence-electron chi connectivity index (χ2n) is 5.43. The molecule has 0 fully saturated rings. The summed E-state index contributed by atoms with van der Waals surface area (Å²) in [5.41, 5.74) is 2.37. The Labute approximate surface area is 131 Å². The topological polar surface area (TPSA) is 90.9 Å². The van der Waals surface area contributed by atoms with Gasteiger partial charge in [-0.3, -0.25) is 10.1 Å². The second kappa shape index (κ2) is 4.85. The molecule has 0 aliphatic carbocycles. The number of hydrogen-bond acceptors (Lipinski definition) is 4. The van der Waals surface area contributed by atoms with Crippen molar-refractivity contribution in [1.82, 2.24) is 9.55 Å². The van der Waals surface area contributed by atoms with Crippen molar-refractivity contribution in [3.05, 3.63) is 54.1 Å². The van der Waals surface area contributed by atoms with Crippen molar-refractivity contribution >= 4 is 22.9 Å². The number of carbonyl (C=O) groups is 1. The van der Waals surface area contributed by atoms with E-state index in [0.717, 1.165) is 16.6 Å². The number of phenolic OH excluding ortho intramolecular Hbond substituents is 1. The van der Waals surface area contributed by atoms with Gasteiger partial charge in [-0.15, -0.1) is 0 Å². The van der Waals surface area contributed by atoms with E-state index in [2.05, 4.69) is 16.4 Å². The average Bonchev–Trinajstić information content (AvgIpc) is 2.92. The number of carbonyl (C=O) groups excluding carboxylic acids is 1. The Morgan fingerprint density at radius 1 is 1.17 bits per heavy atom. The van der Waals surface area contributed by atoms with Crippen molar-refractivity contribution < 1.29 is 9.90 Å². The highest BCUT2D eigenvalue weighted by Gasteiger charge is 2.38. The molecule has 1 aromatic heterocycles. The first-order valence-electron chi connectivity index (χ1n) is 7.15. The molecule has 1 aliphatic heterocycles. The molecule has 2 aromatic carbocycles. The van der Waals surface area contributed by atoms with E-state index < -0.39 is 12.0 Å². The maximum absolute atomic E-state index is 12.3.